The number of hydrogen-bond donors (Lipinski definition) is 1. The van der Waals surface area contributed by atoms with Crippen LogP contribution in [0.15, 0.2) is 40.6 Å². The van der Waals surface area contributed by atoms with E-state index in [4.69, 9.17) is 40.1 Å². The maximum absolute atomic E-state index is 11.7. The van der Waals surface area contributed by atoms with Gasteiger partial charge >= 0.3 is 3.12 Å². The molecular weight excluding hydrogens is 383 g/mol. The van der Waals surface area contributed by atoms with Crippen LogP contribution in [-0.2, 0) is 19.9 Å². The van der Waals surface area contributed by atoms with Gasteiger partial charge in [0.05, 0.1) is 11.0 Å². The van der Waals surface area contributed by atoms with Gasteiger partial charge in [-0.15, -0.1) is 0 Å². The summed E-state index contributed by atoms with van der Waals surface area (Å²) in [6.07, 6.45) is 0.814. The highest BCUT2D eigenvalue weighted by molar-refractivity contribution is 7.98. The number of sulfone groups is 1. The van der Waals surface area contributed by atoms with E-state index in [0.717, 1.165) is 23.6 Å². The number of sulfonamides is 1. The third-order valence-corrected chi connectivity index (χ3v) is 6.43. The van der Waals surface area contributed by atoms with Gasteiger partial charge in [-0.2, -0.15) is 5.26 Å². The number of allylic oxidation sites excluding steroid dienone is 1. The summed E-state index contributed by atoms with van der Waals surface area (Å²) >= 11 is 15.8. The van der Waals surface area contributed by atoms with E-state index in [1.54, 1.807) is 6.07 Å². The summed E-state index contributed by atoms with van der Waals surface area (Å²) < 4.78 is 46.0. The first-order chi connectivity index (χ1) is 9.49. The Morgan fingerprint density at radius 2 is 1.62 bits per heavy atom. The summed E-state index contributed by atoms with van der Waals surface area (Å²) in [5.74, 6) is 0. The molecule has 0 fully saturated rings. The maximum atomic E-state index is 11.7. The van der Waals surface area contributed by atoms with E-state index in [2.05, 4.69) is 0 Å². The van der Waals surface area contributed by atoms with Crippen molar-refractivity contribution in [2.75, 3.05) is 4.72 Å². The second kappa shape index (κ2) is 6.42. The van der Waals surface area contributed by atoms with Gasteiger partial charge in [-0.05, 0) is 24.3 Å². The van der Waals surface area contributed by atoms with E-state index < -0.39 is 23.0 Å². The van der Waals surface area contributed by atoms with Crippen LogP contribution in [0.4, 0.5) is 5.69 Å². The molecule has 1 aromatic carbocycles. The van der Waals surface area contributed by atoms with Gasteiger partial charge in [0, 0.05) is 17.2 Å². The highest BCUT2D eigenvalue weighted by Gasteiger charge is 2.38. The van der Waals surface area contributed by atoms with Crippen LogP contribution in [0.2, 0.25) is 0 Å². The van der Waals surface area contributed by atoms with Gasteiger partial charge in [0.1, 0.15) is 0 Å². The van der Waals surface area contributed by atoms with Gasteiger partial charge in [-0.25, -0.2) is 16.8 Å². The second-order valence-corrected chi connectivity index (χ2v) is 10.2. The van der Waals surface area contributed by atoms with E-state index in [1.165, 1.54) is 12.1 Å². The monoisotopic (exact) mass is 388 g/mol. The molecule has 1 aromatic rings. The molecule has 0 unspecified atom stereocenters. The SMILES string of the molecule is N#C/C=C/S(=O)(=O)c1ccc(NS(=O)(=O)C(Cl)(Cl)Cl)cc1. The fraction of sp³-hybridized carbons (Fsp3) is 0.100. The molecule has 0 radical (unpaired) electrons. The number of rotatable bonds is 4. The lowest BCUT2D eigenvalue weighted by molar-refractivity contribution is 0.601. The molecule has 0 aliphatic rings. The second-order valence-electron chi connectivity index (χ2n) is 3.55. The van der Waals surface area contributed by atoms with E-state index in [-0.39, 0.29) is 10.6 Å². The molecule has 0 aliphatic carbocycles. The van der Waals surface area contributed by atoms with Crippen molar-refractivity contribution in [1.82, 2.24) is 0 Å². The maximum Gasteiger partial charge on any atom is 0.311 e. The van der Waals surface area contributed by atoms with E-state index >= 15 is 0 Å². The standard InChI is InChI=1S/C10H7Cl3N2O4S2/c11-10(12,13)21(18,19)15-8-2-4-9(5-3-8)20(16,17)7-1-6-14/h1-5,7,15H/b7-1+. The first-order valence-corrected chi connectivity index (χ1v) is 9.16. The van der Waals surface area contributed by atoms with Crippen molar-refractivity contribution in [3.8, 4) is 6.07 Å². The van der Waals surface area contributed by atoms with Crippen molar-refractivity contribution in [3.05, 3.63) is 35.7 Å². The summed E-state index contributed by atoms with van der Waals surface area (Å²) in [7, 11) is -8.04. The Balaban J connectivity index is 3.06. The Hall–Kier alpha value is -0.980. The first-order valence-electron chi connectivity index (χ1n) is 5.00. The zero-order chi connectivity index (χ0) is 16.3. The minimum absolute atomic E-state index is 0.0181. The zero-order valence-electron chi connectivity index (χ0n) is 9.99. The lowest BCUT2D eigenvalue weighted by Gasteiger charge is -2.14. The number of anilines is 1. The summed E-state index contributed by atoms with van der Waals surface area (Å²) in [4.78, 5) is -0.120. The summed E-state index contributed by atoms with van der Waals surface area (Å²) in [6, 6.07) is 6.21. The number of hydrogen-bond acceptors (Lipinski definition) is 5. The van der Waals surface area contributed by atoms with E-state index in [1.807, 2.05) is 4.72 Å². The lowest BCUT2D eigenvalue weighted by atomic mass is 10.3. The Morgan fingerprint density at radius 3 is 2.05 bits per heavy atom. The molecule has 6 nitrogen and oxygen atoms in total. The Labute approximate surface area is 136 Å². The Kier molecular flexibility index (Phi) is 5.52. The topological polar surface area (TPSA) is 104 Å². The fourth-order valence-electron chi connectivity index (χ4n) is 1.12. The molecule has 11 heteroatoms. The highest BCUT2D eigenvalue weighted by atomic mass is 35.6. The van der Waals surface area contributed by atoms with Crippen LogP contribution in [0.25, 0.3) is 0 Å². The molecule has 0 saturated carbocycles. The minimum Gasteiger partial charge on any atom is -0.280 e. The van der Waals surface area contributed by atoms with Crippen molar-refractivity contribution < 1.29 is 16.8 Å². The fourth-order valence-corrected chi connectivity index (χ4v) is 2.95. The largest absolute Gasteiger partial charge is 0.311 e. The van der Waals surface area contributed by atoms with Crippen LogP contribution >= 0.6 is 34.8 Å². The van der Waals surface area contributed by atoms with Gasteiger partial charge in [0.15, 0.2) is 0 Å². The van der Waals surface area contributed by atoms with Gasteiger partial charge < -0.3 is 0 Å². The first kappa shape index (κ1) is 18.1. The van der Waals surface area contributed by atoms with Crippen LogP contribution in [0, 0.1) is 11.3 Å². The van der Waals surface area contributed by atoms with Gasteiger partial charge in [0.2, 0.25) is 9.84 Å². The zero-order valence-corrected chi connectivity index (χ0v) is 13.9. The van der Waals surface area contributed by atoms with Crippen LogP contribution in [0.5, 0.6) is 0 Å². The van der Waals surface area contributed by atoms with Crippen molar-refractivity contribution in [2.24, 2.45) is 0 Å². The smallest absolute Gasteiger partial charge is 0.280 e. The van der Waals surface area contributed by atoms with Crippen LogP contribution in [-0.4, -0.2) is 20.0 Å². The molecule has 1 N–H and O–H groups in total. The number of halogens is 3. The van der Waals surface area contributed by atoms with E-state index in [9.17, 15) is 16.8 Å². The molecule has 1 rings (SSSR count). The molecule has 0 saturated heterocycles. The third-order valence-electron chi connectivity index (χ3n) is 2.06. The number of nitriles is 1. The normalized spacial score (nSPS) is 13.0. The molecule has 0 atom stereocenters. The van der Waals surface area contributed by atoms with Crippen LogP contribution in [0.1, 0.15) is 0 Å². The predicted molar refractivity (Wildman–Crippen MR) is 81.2 cm³/mol. The molecule has 0 bridgehead atoms. The summed E-state index contributed by atoms with van der Waals surface area (Å²) in [5.41, 5.74) is 0.0181. The summed E-state index contributed by atoms with van der Waals surface area (Å²) in [6.45, 7) is 0. The molecule has 0 heterocycles. The van der Waals surface area contributed by atoms with Crippen molar-refractivity contribution >= 4 is 60.4 Å². The van der Waals surface area contributed by atoms with Crippen molar-refractivity contribution in [3.63, 3.8) is 0 Å². The predicted octanol–water partition coefficient (Wildman–Crippen LogP) is 2.57. The molecule has 21 heavy (non-hydrogen) atoms. The molecular formula is C10H7Cl3N2O4S2. The average Bonchev–Trinajstić information content (AvgIpc) is 2.35. The van der Waals surface area contributed by atoms with Crippen molar-refractivity contribution in [2.45, 2.75) is 8.02 Å². The number of benzene rings is 1. The van der Waals surface area contributed by atoms with Gasteiger partial charge in [-0.3, -0.25) is 4.72 Å². The lowest BCUT2D eigenvalue weighted by Crippen LogP contribution is -2.27. The number of alkyl halides is 3. The average molecular weight is 390 g/mol. The number of nitrogens with one attached hydrogen (secondary N) is 1. The minimum atomic E-state index is -4.27. The molecule has 0 amide bonds. The van der Waals surface area contributed by atoms with Crippen LogP contribution < -0.4 is 4.72 Å². The van der Waals surface area contributed by atoms with Gasteiger partial charge in [-0.1, -0.05) is 34.8 Å². The Morgan fingerprint density at radius 1 is 1.10 bits per heavy atom. The van der Waals surface area contributed by atoms with Crippen LogP contribution in [0.3, 0.4) is 0 Å². The molecule has 0 aromatic heterocycles. The van der Waals surface area contributed by atoms with Crippen molar-refractivity contribution in [1.29, 1.82) is 5.26 Å². The third kappa shape index (κ3) is 4.76. The number of nitrogens with zero attached hydrogens (tertiary/aromatic N) is 1. The molecule has 0 aliphatic heterocycles. The molecule has 0 spiro atoms. The van der Waals surface area contributed by atoms with E-state index in [0.29, 0.717) is 0 Å². The Bertz CT molecular complexity index is 788. The molecule has 114 valence electrons. The van der Waals surface area contributed by atoms with Gasteiger partial charge in [0.25, 0.3) is 10.0 Å². The highest BCUT2D eigenvalue weighted by Crippen LogP contribution is 2.33. The summed E-state index contributed by atoms with van der Waals surface area (Å²) in [5, 5.41) is 9.04. The quantitative estimate of drug-likeness (QED) is 0.629.